The third kappa shape index (κ3) is 3.25. The van der Waals surface area contributed by atoms with Crippen LogP contribution < -0.4 is 0 Å². The van der Waals surface area contributed by atoms with Gasteiger partial charge in [-0.1, -0.05) is 0 Å². The van der Waals surface area contributed by atoms with Crippen LogP contribution >= 0.6 is 0 Å². The minimum atomic E-state index is -0.119. The number of rotatable bonds is 5. The van der Waals surface area contributed by atoms with Gasteiger partial charge in [0, 0.05) is 19.2 Å². The summed E-state index contributed by atoms with van der Waals surface area (Å²) in [7, 11) is 2.07. The molecule has 0 aromatic carbocycles. The summed E-state index contributed by atoms with van der Waals surface area (Å²) in [6, 6.07) is 0.362. The van der Waals surface area contributed by atoms with Gasteiger partial charge in [0.2, 0.25) is 0 Å². The molecule has 0 heterocycles. The van der Waals surface area contributed by atoms with E-state index >= 15 is 0 Å². The van der Waals surface area contributed by atoms with Gasteiger partial charge >= 0.3 is 0 Å². The summed E-state index contributed by atoms with van der Waals surface area (Å²) < 4.78 is 5.28. The van der Waals surface area contributed by atoms with E-state index in [4.69, 9.17) is 4.74 Å². The number of nitrogens with zero attached hydrogens (tertiary/aromatic N) is 1. The van der Waals surface area contributed by atoms with E-state index in [1.54, 1.807) is 0 Å². The summed E-state index contributed by atoms with van der Waals surface area (Å²) in [4.78, 5) is 2.22. The molecule has 3 nitrogen and oxygen atoms in total. The van der Waals surface area contributed by atoms with Gasteiger partial charge in [0.1, 0.15) is 0 Å². The van der Waals surface area contributed by atoms with Crippen LogP contribution in [0.5, 0.6) is 0 Å². The second kappa shape index (κ2) is 5.58. The molecule has 3 heteroatoms. The van der Waals surface area contributed by atoms with Crippen LogP contribution in [0.15, 0.2) is 0 Å². The molecule has 1 aliphatic carbocycles. The molecule has 0 bridgehead atoms. The predicted octanol–water partition coefficient (Wildman–Crippen LogP) is 0.868. The Labute approximate surface area is 80.7 Å². The Morgan fingerprint density at radius 2 is 2.23 bits per heavy atom. The Kier molecular flexibility index (Phi) is 4.70. The molecule has 78 valence electrons. The molecule has 1 aliphatic rings. The van der Waals surface area contributed by atoms with Crippen molar-refractivity contribution in [1.29, 1.82) is 0 Å². The first-order valence-electron chi connectivity index (χ1n) is 5.21. The first-order chi connectivity index (χ1) is 6.25. The molecule has 0 aliphatic heterocycles. The summed E-state index contributed by atoms with van der Waals surface area (Å²) in [6.45, 7) is 4.48. The van der Waals surface area contributed by atoms with Crippen LogP contribution in [0.2, 0.25) is 0 Å². The van der Waals surface area contributed by atoms with Crippen molar-refractivity contribution in [1.82, 2.24) is 4.90 Å². The highest BCUT2D eigenvalue weighted by atomic mass is 16.5. The van der Waals surface area contributed by atoms with Crippen molar-refractivity contribution in [3.63, 3.8) is 0 Å². The van der Waals surface area contributed by atoms with E-state index in [9.17, 15) is 5.11 Å². The van der Waals surface area contributed by atoms with Gasteiger partial charge in [-0.05, 0) is 33.2 Å². The Balaban J connectivity index is 2.18. The van der Waals surface area contributed by atoms with E-state index in [1.807, 2.05) is 6.92 Å². The zero-order valence-corrected chi connectivity index (χ0v) is 8.70. The number of aliphatic hydroxyl groups is 1. The van der Waals surface area contributed by atoms with Crippen LogP contribution in [0.25, 0.3) is 0 Å². The van der Waals surface area contributed by atoms with Crippen molar-refractivity contribution >= 4 is 0 Å². The molecular formula is C10H21NO2. The molecule has 0 amide bonds. The SMILES string of the molecule is CCOCCN(C)[C@@H]1CCC[C@H]1O. The van der Waals surface area contributed by atoms with Gasteiger partial charge in [0.25, 0.3) is 0 Å². The van der Waals surface area contributed by atoms with Crippen LogP contribution in [0.1, 0.15) is 26.2 Å². The average Bonchev–Trinajstić information content (AvgIpc) is 2.52. The number of ether oxygens (including phenoxy) is 1. The summed E-state index contributed by atoms with van der Waals surface area (Å²) in [6.07, 6.45) is 3.13. The lowest BCUT2D eigenvalue weighted by molar-refractivity contribution is 0.0591. The average molecular weight is 187 g/mol. The standard InChI is InChI=1S/C10H21NO2/c1-3-13-8-7-11(2)9-5-4-6-10(9)12/h9-10,12H,3-8H2,1-2H3/t9-,10-/m1/s1. The van der Waals surface area contributed by atoms with E-state index in [0.29, 0.717) is 6.04 Å². The second-order valence-electron chi connectivity index (χ2n) is 3.74. The summed E-state index contributed by atoms with van der Waals surface area (Å²) in [5.41, 5.74) is 0. The monoisotopic (exact) mass is 187 g/mol. The molecular weight excluding hydrogens is 166 g/mol. The topological polar surface area (TPSA) is 32.7 Å². The third-order valence-corrected chi connectivity index (χ3v) is 2.80. The number of likely N-dealkylation sites (N-methyl/N-ethyl adjacent to an activating group) is 1. The fourth-order valence-corrected chi connectivity index (χ4v) is 1.95. The van der Waals surface area contributed by atoms with Crippen LogP contribution in [0.4, 0.5) is 0 Å². The Hall–Kier alpha value is -0.120. The zero-order chi connectivity index (χ0) is 9.68. The molecule has 0 aromatic rings. The maximum atomic E-state index is 9.63. The highest BCUT2D eigenvalue weighted by Crippen LogP contribution is 2.22. The Morgan fingerprint density at radius 1 is 1.46 bits per heavy atom. The molecule has 0 saturated heterocycles. The lowest BCUT2D eigenvalue weighted by Crippen LogP contribution is -2.39. The molecule has 0 spiro atoms. The highest BCUT2D eigenvalue weighted by molar-refractivity contribution is 4.83. The summed E-state index contributed by atoms with van der Waals surface area (Å²) in [5, 5.41) is 9.63. The lowest BCUT2D eigenvalue weighted by Gasteiger charge is -2.26. The van der Waals surface area contributed by atoms with Crippen LogP contribution in [-0.2, 0) is 4.74 Å². The summed E-state index contributed by atoms with van der Waals surface area (Å²) >= 11 is 0. The Bertz CT molecular complexity index is 141. The minimum absolute atomic E-state index is 0.119. The zero-order valence-electron chi connectivity index (χ0n) is 8.70. The quantitative estimate of drug-likeness (QED) is 0.648. The molecule has 13 heavy (non-hydrogen) atoms. The molecule has 0 unspecified atom stereocenters. The van der Waals surface area contributed by atoms with Gasteiger partial charge in [0.15, 0.2) is 0 Å². The highest BCUT2D eigenvalue weighted by Gasteiger charge is 2.28. The van der Waals surface area contributed by atoms with Crippen LogP contribution in [-0.4, -0.2) is 49.0 Å². The third-order valence-electron chi connectivity index (χ3n) is 2.80. The van der Waals surface area contributed by atoms with Gasteiger partial charge in [-0.25, -0.2) is 0 Å². The largest absolute Gasteiger partial charge is 0.391 e. The Morgan fingerprint density at radius 3 is 2.77 bits per heavy atom. The molecule has 1 fully saturated rings. The van der Waals surface area contributed by atoms with Gasteiger partial charge in [-0.2, -0.15) is 0 Å². The molecule has 0 radical (unpaired) electrons. The smallest absolute Gasteiger partial charge is 0.0695 e. The predicted molar refractivity (Wildman–Crippen MR) is 52.8 cm³/mol. The van der Waals surface area contributed by atoms with Gasteiger partial charge < -0.3 is 9.84 Å². The lowest BCUT2D eigenvalue weighted by atomic mass is 10.2. The van der Waals surface area contributed by atoms with Crippen molar-refractivity contribution in [3.05, 3.63) is 0 Å². The number of aliphatic hydroxyl groups excluding tert-OH is 1. The molecule has 1 rings (SSSR count). The van der Waals surface area contributed by atoms with Gasteiger partial charge in [0.05, 0.1) is 12.7 Å². The van der Waals surface area contributed by atoms with Crippen molar-refractivity contribution < 1.29 is 9.84 Å². The van der Waals surface area contributed by atoms with Gasteiger partial charge in [-0.15, -0.1) is 0 Å². The van der Waals surface area contributed by atoms with Crippen molar-refractivity contribution in [3.8, 4) is 0 Å². The normalized spacial score (nSPS) is 28.6. The first kappa shape index (κ1) is 11.0. The van der Waals surface area contributed by atoms with Crippen molar-refractivity contribution in [2.75, 3.05) is 26.8 Å². The van der Waals surface area contributed by atoms with E-state index in [-0.39, 0.29) is 6.10 Å². The van der Waals surface area contributed by atoms with Crippen LogP contribution in [0.3, 0.4) is 0 Å². The molecule has 1 N–H and O–H groups in total. The van der Waals surface area contributed by atoms with Crippen molar-refractivity contribution in [2.45, 2.75) is 38.3 Å². The van der Waals surface area contributed by atoms with E-state index < -0.39 is 0 Å². The fraction of sp³-hybridized carbons (Fsp3) is 1.00. The fourth-order valence-electron chi connectivity index (χ4n) is 1.95. The second-order valence-corrected chi connectivity index (χ2v) is 3.74. The van der Waals surface area contributed by atoms with E-state index in [1.165, 1.54) is 0 Å². The summed E-state index contributed by atoms with van der Waals surface area (Å²) in [5.74, 6) is 0. The first-order valence-corrected chi connectivity index (χ1v) is 5.21. The van der Waals surface area contributed by atoms with E-state index in [2.05, 4.69) is 11.9 Å². The minimum Gasteiger partial charge on any atom is -0.391 e. The van der Waals surface area contributed by atoms with Crippen molar-refractivity contribution in [2.24, 2.45) is 0 Å². The van der Waals surface area contributed by atoms with Gasteiger partial charge in [-0.3, -0.25) is 4.90 Å². The van der Waals surface area contributed by atoms with Crippen LogP contribution in [0, 0.1) is 0 Å². The number of hydrogen-bond acceptors (Lipinski definition) is 3. The number of hydrogen-bond donors (Lipinski definition) is 1. The molecule has 2 atom stereocenters. The maximum Gasteiger partial charge on any atom is 0.0695 e. The molecule has 0 aromatic heterocycles. The maximum absolute atomic E-state index is 9.63. The van der Waals surface area contributed by atoms with E-state index in [0.717, 1.165) is 39.0 Å². The molecule has 1 saturated carbocycles.